The molecule has 3 nitrogen and oxygen atoms in total. The second-order valence-electron chi connectivity index (χ2n) is 11.2. The van der Waals surface area contributed by atoms with Gasteiger partial charge in [0.05, 0.1) is 0 Å². The highest BCUT2D eigenvalue weighted by atomic mass is 35.5. The van der Waals surface area contributed by atoms with Crippen LogP contribution in [0.25, 0.3) is 0 Å². The fourth-order valence-corrected chi connectivity index (χ4v) is 9.51. The van der Waals surface area contributed by atoms with E-state index in [4.69, 9.17) is 16.3 Å². The van der Waals surface area contributed by atoms with Crippen molar-refractivity contribution in [2.75, 3.05) is 5.88 Å². The van der Waals surface area contributed by atoms with E-state index >= 15 is 0 Å². The Labute approximate surface area is 172 Å². The largest absolute Gasteiger partial charge is 0.458 e. The first-order chi connectivity index (χ1) is 13.3. The lowest BCUT2D eigenvalue weighted by molar-refractivity contribution is -0.179. The summed E-state index contributed by atoms with van der Waals surface area (Å²) in [4.78, 5) is 24.3. The van der Waals surface area contributed by atoms with E-state index in [1.54, 1.807) is 0 Å². The maximum absolute atomic E-state index is 12.2. The van der Waals surface area contributed by atoms with Gasteiger partial charge < -0.3 is 4.74 Å². The molecule has 4 heteroatoms. The average molecular weight is 403 g/mol. The topological polar surface area (TPSA) is 43.4 Å². The second kappa shape index (κ2) is 5.45. The number of carbonyl (C=O) groups is 2. The van der Waals surface area contributed by atoms with Gasteiger partial charge in [0.2, 0.25) is 0 Å². The summed E-state index contributed by atoms with van der Waals surface area (Å²) >= 11 is 6.59. The van der Waals surface area contributed by atoms with Crippen molar-refractivity contribution < 1.29 is 14.3 Å². The Hall–Kier alpha value is -0.830. The lowest BCUT2D eigenvalue weighted by Crippen LogP contribution is -2.59. The predicted octanol–water partition coefficient (Wildman–Crippen LogP) is 4.91. The van der Waals surface area contributed by atoms with Crippen molar-refractivity contribution in [3.63, 3.8) is 0 Å². The third kappa shape index (κ3) is 1.94. The van der Waals surface area contributed by atoms with E-state index in [2.05, 4.69) is 13.8 Å². The molecule has 1 spiro atoms. The normalized spacial score (nSPS) is 56.5. The van der Waals surface area contributed by atoms with Gasteiger partial charge in [-0.05, 0) is 79.6 Å². The van der Waals surface area contributed by atoms with Crippen molar-refractivity contribution in [2.45, 2.75) is 70.8 Å². The molecular formula is C24H31ClO3. The van der Waals surface area contributed by atoms with Crippen LogP contribution in [0, 0.1) is 46.3 Å². The fourth-order valence-electron chi connectivity index (χ4n) is 9.20. The van der Waals surface area contributed by atoms with E-state index in [1.165, 1.54) is 18.4 Å². The average Bonchev–Trinajstić information content (AvgIpc) is 3.30. The zero-order valence-corrected chi connectivity index (χ0v) is 17.8. The Morgan fingerprint density at radius 1 is 1.14 bits per heavy atom. The van der Waals surface area contributed by atoms with Crippen molar-refractivity contribution in [2.24, 2.45) is 46.3 Å². The number of allylic oxidation sites excluding steroid dienone is 1. The number of carbonyl (C=O) groups excluding carboxylic acids is 2. The first-order valence-electron chi connectivity index (χ1n) is 11.4. The molecule has 0 bridgehead atoms. The minimum atomic E-state index is -0.194. The number of ketones is 1. The number of alkyl halides is 1. The first-order valence-corrected chi connectivity index (χ1v) is 11.9. The van der Waals surface area contributed by atoms with Gasteiger partial charge in [0, 0.05) is 30.1 Å². The molecule has 6 rings (SSSR count). The number of ether oxygens (including phenoxy) is 1. The first kappa shape index (κ1) is 18.0. The van der Waals surface area contributed by atoms with Crippen LogP contribution in [0.2, 0.25) is 0 Å². The third-order valence-corrected chi connectivity index (χ3v) is 10.9. The summed E-state index contributed by atoms with van der Waals surface area (Å²) < 4.78 is 6.20. The zero-order valence-electron chi connectivity index (χ0n) is 17.0. The Morgan fingerprint density at radius 3 is 2.68 bits per heavy atom. The van der Waals surface area contributed by atoms with Crippen LogP contribution in [-0.2, 0) is 14.3 Å². The van der Waals surface area contributed by atoms with Gasteiger partial charge in [0.25, 0.3) is 0 Å². The molecule has 1 aliphatic heterocycles. The number of hydrogen-bond donors (Lipinski definition) is 0. The molecule has 1 heterocycles. The Bertz CT molecular complexity index is 804. The minimum absolute atomic E-state index is 0.0233. The molecule has 0 amide bonds. The molecule has 1 saturated heterocycles. The lowest BCUT2D eigenvalue weighted by atomic mass is 9.43. The SMILES string of the molecule is C[C@]12CCC(=O)C=C1C[C@H](CCl)[C@H]1[C@@H]3[C@@H]4C[C@@H]4[C@]4(CCC(=O)O4)[C@@]3(C)CC[C@@H]12. The number of hydrogen-bond acceptors (Lipinski definition) is 3. The van der Waals surface area contributed by atoms with Gasteiger partial charge >= 0.3 is 5.97 Å². The molecule has 0 unspecified atom stereocenters. The molecule has 28 heavy (non-hydrogen) atoms. The Kier molecular flexibility index (Phi) is 3.50. The van der Waals surface area contributed by atoms with Crippen LogP contribution in [-0.4, -0.2) is 23.2 Å². The zero-order chi connectivity index (χ0) is 19.5. The highest BCUT2D eigenvalue weighted by molar-refractivity contribution is 6.18. The van der Waals surface area contributed by atoms with Crippen LogP contribution in [0.5, 0.6) is 0 Å². The summed E-state index contributed by atoms with van der Waals surface area (Å²) in [6, 6.07) is 0. The van der Waals surface area contributed by atoms with E-state index in [0.717, 1.165) is 25.7 Å². The van der Waals surface area contributed by atoms with Crippen LogP contribution in [0.1, 0.15) is 65.2 Å². The molecule has 152 valence electrons. The van der Waals surface area contributed by atoms with Gasteiger partial charge in [0.1, 0.15) is 5.60 Å². The molecule has 9 atom stereocenters. The van der Waals surface area contributed by atoms with Gasteiger partial charge in [-0.15, -0.1) is 11.6 Å². The maximum atomic E-state index is 12.2. The third-order valence-electron chi connectivity index (χ3n) is 10.5. The van der Waals surface area contributed by atoms with Crippen LogP contribution >= 0.6 is 11.6 Å². The maximum Gasteiger partial charge on any atom is 0.306 e. The van der Waals surface area contributed by atoms with Crippen LogP contribution in [0.3, 0.4) is 0 Å². The summed E-state index contributed by atoms with van der Waals surface area (Å²) in [7, 11) is 0. The number of esters is 1. The van der Waals surface area contributed by atoms with E-state index in [-0.39, 0.29) is 22.4 Å². The van der Waals surface area contributed by atoms with Gasteiger partial charge in [-0.3, -0.25) is 9.59 Å². The van der Waals surface area contributed by atoms with Crippen LogP contribution in [0.4, 0.5) is 0 Å². The summed E-state index contributed by atoms with van der Waals surface area (Å²) in [6.45, 7) is 4.88. The molecule has 4 saturated carbocycles. The summed E-state index contributed by atoms with van der Waals surface area (Å²) in [5.41, 5.74) is 1.46. The van der Waals surface area contributed by atoms with E-state index in [9.17, 15) is 9.59 Å². The van der Waals surface area contributed by atoms with Crippen molar-refractivity contribution in [1.29, 1.82) is 0 Å². The molecule has 0 aromatic rings. The highest BCUT2D eigenvalue weighted by Crippen LogP contribution is 2.79. The summed E-state index contributed by atoms with van der Waals surface area (Å²) in [5.74, 6) is 4.62. The fraction of sp³-hybridized carbons (Fsp3) is 0.833. The van der Waals surface area contributed by atoms with E-state index < -0.39 is 0 Å². The molecule has 0 N–H and O–H groups in total. The second-order valence-corrected chi connectivity index (χ2v) is 11.5. The molecule has 0 aromatic heterocycles. The standard InChI is InChI=1S/C24H31ClO3/c1-22-6-3-15(26)10-14(22)9-13(12-25)20-17(22)4-7-23(2)21(20)16-11-18(16)24(23)8-5-19(27)28-24/h10,13,16-18,20-21H,3-9,11-12H2,1-2H3/t13-,16-,17+,18+,20-,21+,22+,23+,24-/m1/s1. The van der Waals surface area contributed by atoms with Gasteiger partial charge in [-0.2, -0.15) is 0 Å². The number of fused-ring (bicyclic) bond motifs is 9. The Balaban J connectivity index is 1.44. The highest BCUT2D eigenvalue weighted by Gasteiger charge is 2.79. The van der Waals surface area contributed by atoms with E-state index in [0.29, 0.717) is 60.0 Å². The van der Waals surface area contributed by atoms with E-state index in [1.807, 2.05) is 6.08 Å². The predicted molar refractivity (Wildman–Crippen MR) is 107 cm³/mol. The summed E-state index contributed by atoms with van der Waals surface area (Å²) in [6.07, 6.45) is 9.78. The van der Waals surface area contributed by atoms with Crippen LogP contribution < -0.4 is 0 Å². The lowest BCUT2D eigenvalue weighted by Gasteiger charge is -2.62. The molecule has 5 fully saturated rings. The van der Waals surface area contributed by atoms with Crippen molar-refractivity contribution in [1.82, 2.24) is 0 Å². The molecule has 5 aliphatic carbocycles. The number of halogens is 1. The van der Waals surface area contributed by atoms with Gasteiger partial charge in [-0.1, -0.05) is 19.4 Å². The molecule has 0 radical (unpaired) electrons. The van der Waals surface area contributed by atoms with Gasteiger partial charge in [-0.25, -0.2) is 0 Å². The van der Waals surface area contributed by atoms with Crippen LogP contribution in [0.15, 0.2) is 11.6 Å². The monoisotopic (exact) mass is 402 g/mol. The van der Waals surface area contributed by atoms with Crippen molar-refractivity contribution in [3.8, 4) is 0 Å². The van der Waals surface area contributed by atoms with Crippen molar-refractivity contribution in [3.05, 3.63) is 11.6 Å². The quantitative estimate of drug-likeness (QED) is 0.462. The summed E-state index contributed by atoms with van der Waals surface area (Å²) in [5, 5.41) is 0. The Morgan fingerprint density at radius 2 is 1.96 bits per heavy atom. The smallest absolute Gasteiger partial charge is 0.306 e. The minimum Gasteiger partial charge on any atom is -0.458 e. The van der Waals surface area contributed by atoms with Crippen molar-refractivity contribution >= 4 is 23.4 Å². The molecule has 0 aromatic carbocycles. The molecule has 6 aliphatic rings. The molecular weight excluding hydrogens is 372 g/mol. The number of rotatable bonds is 1. The van der Waals surface area contributed by atoms with Gasteiger partial charge in [0.15, 0.2) is 5.78 Å².